The molecular weight excluding hydrogens is 1950 g/mol. The van der Waals surface area contributed by atoms with Crippen LogP contribution in [0.5, 0.6) is 0 Å². The van der Waals surface area contributed by atoms with Gasteiger partial charge < -0.3 is 315 Å². The number of hydrogen-bond acceptors (Lipinski definition) is 63. The van der Waals surface area contributed by atoms with Crippen LogP contribution in [0.2, 0.25) is 0 Å². The number of carboxylic acids is 2. The quantitative estimate of drug-likeness (QED) is 0.0270. The molecule has 822 valence electrons. The molecule has 11 saturated heterocycles. The fourth-order valence-corrected chi connectivity index (χ4v) is 17.7. The number of hydrogen-bond donors (Lipinski definition) is 41. The summed E-state index contributed by atoms with van der Waals surface area (Å²) in [6.45, 7) is -16.6. The van der Waals surface area contributed by atoms with Crippen molar-refractivity contribution in [3.05, 3.63) is 0 Å². The Kier molecular flexibility index (Phi) is 42.3. The van der Waals surface area contributed by atoms with Gasteiger partial charge in [-0.05, 0) is 0 Å². The third kappa shape index (κ3) is 25.1. The normalized spacial score (nSPS) is 49.5. The third-order valence-electron chi connectivity index (χ3n) is 26.2. The van der Waals surface area contributed by atoms with Crippen molar-refractivity contribution >= 4 is 11.9 Å². The summed E-state index contributed by atoms with van der Waals surface area (Å²) in [4.78, 5) is 28.4. The lowest BCUT2D eigenvalue weighted by atomic mass is 9.89. The zero-order valence-corrected chi connectivity index (χ0v) is 74.0. The maximum absolute atomic E-state index is 14.3. The molecule has 0 unspecified atom stereocenters. The Balaban J connectivity index is 1.000. The van der Waals surface area contributed by atoms with E-state index in [-0.39, 0.29) is 0 Å². The van der Waals surface area contributed by atoms with Crippen LogP contribution in [-0.2, 0) is 114 Å². The topological polar surface area (TPSA) is 1080 Å². The van der Waals surface area contributed by atoms with Crippen LogP contribution in [-0.4, -0.2) is 653 Å². The van der Waals surface area contributed by atoms with Gasteiger partial charge in [0.15, 0.2) is 56.6 Å². The lowest BCUT2D eigenvalue weighted by Crippen LogP contribution is -2.71. The van der Waals surface area contributed by atoms with Crippen molar-refractivity contribution in [2.45, 2.75) is 374 Å². The highest BCUT2D eigenvalue weighted by Crippen LogP contribution is 2.46. The van der Waals surface area contributed by atoms with E-state index in [4.69, 9.17) is 121 Å². The van der Waals surface area contributed by atoms with Gasteiger partial charge >= 0.3 is 11.9 Å². The van der Waals surface area contributed by atoms with Crippen LogP contribution in [0, 0.1) is 0 Å². The minimum absolute atomic E-state index is 0.917. The summed E-state index contributed by atoms with van der Waals surface area (Å²) < 4.78 is 131. The summed E-state index contributed by atoms with van der Waals surface area (Å²) >= 11 is 0. The van der Waals surface area contributed by atoms with E-state index in [0.717, 1.165) is 0 Å². The van der Waals surface area contributed by atoms with E-state index in [1.165, 1.54) is 0 Å². The van der Waals surface area contributed by atoms with E-state index in [0.29, 0.717) is 0 Å². The molecule has 11 aliphatic heterocycles. The largest absolute Gasteiger partial charge is 0.477 e. The first-order valence-corrected chi connectivity index (χ1v) is 44.5. The molecule has 0 spiro atoms. The van der Waals surface area contributed by atoms with E-state index in [9.17, 15) is 204 Å². The Bertz CT molecular complexity index is 3790. The van der Waals surface area contributed by atoms with Crippen molar-refractivity contribution < 1.29 is 308 Å². The molecule has 65 nitrogen and oxygen atoms in total. The van der Waals surface area contributed by atoms with Crippen LogP contribution in [0.25, 0.3) is 0 Å². The lowest BCUT2D eigenvalue weighted by Gasteiger charge is -2.53. The van der Waals surface area contributed by atoms with Gasteiger partial charge in [0.05, 0.1) is 122 Å². The number of aliphatic carboxylic acids is 2. The highest BCUT2D eigenvalue weighted by molar-refractivity contribution is 5.77. The van der Waals surface area contributed by atoms with Gasteiger partial charge in [0.25, 0.3) is 11.6 Å². The Labute approximate surface area is 794 Å². The standard InChI is InChI=1S/C76H131N3O62/c77-16(3-80)33(94)34(95)20(93)13-120-64-31(78)42(103)41(102)29(130-64)15-122-75(73(116)117)2-21(139-76(74(118)119)1-17(90)35(96)55(140-76)18(91)4-81)59(56(141-75)19(92)5-82)134-70-54(115)61(136-67-51(112)45(106)38(99)24(8-85)125-67)60(135-72-63(47(108)40(101)26(10-87)127-72)137-65-32(79)43(104)36(97)22(6-83)123-65)30(131-70)14-121-71-62(46(107)39(100)25(9-86)126-71)138-69-53(114)49(110)58(28(12-89)129-69)133-68-52(113)48(109)57(27(11-88)128-68)132-66-50(111)44(105)37(98)23(7-84)124-66/h16-72,80-115H,1-15,77-79H2,(H,116,117)(H,118,119)/t16-,17+,18+,19+,20+,21+,22+,23+,24+,25+,26+,27+,28+,29+,30+,31+,32+,33+,34+,35+,36+,37-,38+,39+,40+,41+,42+,43+,44-,45-,46-,47-,48+,49+,50+,51+,52+,53+,54+,55+,56+,57-,58+,59+,60+,61+,62+,63+,64+,65+,66+,67-,68-,69+,70+,71+,72-,75+,76+/m0/s1. The monoisotopic (exact) mass is 2080 g/mol. The molecule has 0 bridgehead atoms. The van der Waals surface area contributed by atoms with Gasteiger partial charge in [0, 0.05) is 12.8 Å². The first-order valence-electron chi connectivity index (χ1n) is 44.5. The highest BCUT2D eigenvalue weighted by Gasteiger charge is 2.67. The molecule has 0 aromatic heterocycles. The van der Waals surface area contributed by atoms with Crippen LogP contribution in [0.4, 0.5) is 0 Å². The summed E-state index contributed by atoms with van der Waals surface area (Å²) in [5.74, 6) is -12.2. The van der Waals surface area contributed by atoms with Gasteiger partial charge in [-0.15, -0.1) is 0 Å². The lowest BCUT2D eigenvalue weighted by molar-refractivity contribution is -0.419. The molecule has 0 aromatic carbocycles. The van der Waals surface area contributed by atoms with Crippen LogP contribution >= 0.6 is 0 Å². The molecule has 0 amide bonds. The Morgan fingerprint density at radius 2 is 0.652 bits per heavy atom. The third-order valence-corrected chi connectivity index (χ3v) is 26.2. The van der Waals surface area contributed by atoms with Crippen molar-refractivity contribution in [1.29, 1.82) is 0 Å². The SMILES string of the molecule is N[C@H]1[C@H](OC[C@@H](O)[C@@H](O)[C@H](O)[C@@H](N)CO)O[C@H](CO[C@]2(C(=O)O)C[C@@H](O[C@]3(C(=O)O)C[C@@H](O)[C@@H](O)[C@@H]([C@H](O)CO)O3)[C@@H](O[C@H]3O[C@H](CO[C@@H]4O[C@H](CO)[C@@H](O)[C@H](O)[C@H]4O[C@H]4O[C@H](CO)[C@@H](O[C@@H]5O[C@H](CO)[C@H](O[C@H]6O[C@H](CO)[C@H](O)[C@H](O)[C@H]6O)[C@H](O)[C@H]5O)[C@H](O)[C@H]4O)[C@@H](O[C@@H]4O[C@H](CO)[C@@H](O)[C@H](O)[C@H]4O[C@H]4O[C@H](CO)[C@@H](O)[C@H](O)[C@H]4N)[C@H](O[C@@H]4O[C@H](CO)[C@@H](O)[C@H](O)[C@H]4O)[C@H]3O)[C@@H]([C@H](O)CO)O2)[C@@H](O)[C@@H]1O. The molecule has 11 rings (SSSR count). The van der Waals surface area contributed by atoms with Crippen LogP contribution in [0.3, 0.4) is 0 Å². The smallest absolute Gasteiger partial charge is 0.364 e. The summed E-state index contributed by atoms with van der Waals surface area (Å²) in [7, 11) is 0. The molecule has 0 saturated carbocycles. The summed E-state index contributed by atoms with van der Waals surface area (Å²) in [5.41, 5.74) is 18.0. The Hall–Kier alpha value is -3.50. The maximum Gasteiger partial charge on any atom is 0.364 e. The number of aliphatic hydroxyl groups is 36. The second kappa shape index (κ2) is 50.6. The van der Waals surface area contributed by atoms with Gasteiger partial charge in [-0.3, -0.25) is 0 Å². The second-order valence-corrected chi connectivity index (χ2v) is 35.6. The molecular formula is C76H131N3O62. The molecule has 44 N–H and O–H groups in total. The van der Waals surface area contributed by atoms with E-state index < -0.39 is 472 Å². The minimum atomic E-state index is -3.71. The number of carboxylic acid groups (broad SMARTS) is 2. The molecule has 0 aliphatic carbocycles. The molecule has 0 aromatic rings. The highest BCUT2D eigenvalue weighted by atomic mass is 16.8. The fraction of sp³-hybridized carbons (Fsp3) is 0.974. The number of rotatable bonds is 42. The zero-order valence-electron chi connectivity index (χ0n) is 74.0. The zero-order chi connectivity index (χ0) is 104. The van der Waals surface area contributed by atoms with Gasteiger partial charge in [-0.1, -0.05) is 0 Å². The fourth-order valence-electron chi connectivity index (χ4n) is 17.7. The minimum Gasteiger partial charge on any atom is -0.477 e. The van der Waals surface area contributed by atoms with Crippen LogP contribution in [0.1, 0.15) is 12.8 Å². The summed E-state index contributed by atoms with van der Waals surface area (Å²) in [6.07, 6.45) is -130. The molecule has 59 atom stereocenters. The Morgan fingerprint density at radius 3 is 1.12 bits per heavy atom. The average molecular weight is 2080 g/mol. The first kappa shape index (κ1) is 118. The van der Waals surface area contributed by atoms with Gasteiger partial charge in [0.1, 0.15) is 256 Å². The van der Waals surface area contributed by atoms with Crippen molar-refractivity contribution in [3.8, 4) is 0 Å². The molecule has 141 heavy (non-hydrogen) atoms. The number of carbonyl (C=O) groups is 2. The maximum atomic E-state index is 14.3. The Morgan fingerprint density at radius 1 is 0.305 bits per heavy atom. The van der Waals surface area contributed by atoms with E-state index in [1.54, 1.807) is 0 Å². The van der Waals surface area contributed by atoms with Gasteiger partial charge in [-0.25, -0.2) is 9.59 Å². The van der Waals surface area contributed by atoms with E-state index >= 15 is 0 Å². The van der Waals surface area contributed by atoms with Crippen molar-refractivity contribution in [1.82, 2.24) is 0 Å². The molecule has 0 radical (unpaired) electrons. The van der Waals surface area contributed by atoms with Crippen LogP contribution < -0.4 is 17.2 Å². The summed E-state index contributed by atoms with van der Waals surface area (Å²) in [5, 5.41) is 423. The number of nitrogens with two attached hydrogens (primary N) is 3. The van der Waals surface area contributed by atoms with Gasteiger partial charge in [0.2, 0.25) is 0 Å². The van der Waals surface area contributed by atoms with Crippen molar-refractivity contribution in [2.75, 3.05) is 85.9 Å². The molecule has 11 fully saturated rings. The van der Waals surface area contributed by atoms with Crippen LogP contribution in [0.15, 0.2) is 0 Å². The number of aliphatic hydroxyl groups excluding tert-OH is 36. The van der Waals surface area contributed by atoms with E-state index in [2.05, 4.69) is 0 Å². The predicted molar refractivity (Wildman–Crippen MR) is 425 cm³/mol. The van der Waals surface area contributed by atoms with E-state index in [1.807, 2.05) is 0 Å². The average Bonchev–Trinajstić information content (AvgIpc) is 0.733. The summed E-state index contributed by atoms with van der Waals surface area (Å²) in [6, 6.07) is -5.34. The van der Waals surface area contributed by atoms with Gasteiger partial charge in [-0.2, -0.15) is 0 Å². The first-order chi connectivity index (χ1) is 66.6. The second-order valence-electron chi connectivity index (χ2n) is 35.6. The molecule has 11 heterocycles. The molecule has 11 aliphatic rings. The predicted octanol–water partition coefficient (Wildman–Crippen LogP) is -27.9. The van der Waals surface area contributed by atoms with Crippen molar-refractivity contribution in [2.24, 2.45) is 17.2 Å². The molecule has 65 heteroatoms. The number of ether oxygens (including phenoxy) is 22. The van der Waals surface area contributed by atoms with Crippen molar-refractivity contribution in [3.63, 3.8) is 0 Å².